The molecule has 0 heterocycles. The van der Waals surface area contributed by atoms with E-state index in [2.05, 4.69) is 11.6 Å². The van der Waals surface area contributed by atoms with Gasteiger partial charge < -0.3 is 4.74 Å². The molecule has 0 unspecified atom stereocenters. The molecule has 1 aromatic rings. The number of methoxy groups -OCH3 is 1. The quantitative estimate of drug-likeness (QED) is 0.685. The molecular formula is C13H15NO. The van der Waals surface area contributed by atoms with Gasteiger partial charge in [0.1, 0.15) is 5.75 Å². The lowest BCUT2D eigenvalue weighted by molar-refractivity contribution is 0.414. The Labute approximate surface area is 90.6 Å². The molecule has 0 saturated heterocycles. The zero-order valence-electron chi connectivity index (χ0n) is 9.10. The van der Waals surface area contributed by atoms with E-state index < -0.39 is 0 Å². The van der Waals surface area contributed by atoms with Crippen molar-refractivity contribution in [3.63, 3.8) is 0 Å². The van der Waals surface area contributed by atoms with Crippen LogP contribution in [-0.4, -0.2) is 12.8 Å². The first kappa shape index (κ1) is 11.2. The van der Waals surface area contributed by atoms with Crippen LogP contribution < -0.4 is 4.74 Å². The third kappa shape index (κ3) is 2.81. The first-order chi connectivity index (χ1) is 7.33. The number of hydrogen-bond donors (Lipinski definition) is 0. The summed E-state index contributed by atoms with van der Waals surface area (Å²) in [6.07, 6.45) is 5.33. The maximum Gasteiger partial charge on any atom is 0.128 e. The van der Waals surface area contributed by atoms with Crippen LogP contribution in [0.3, 0.4) is 0 Å². The summed E-state index contributed by atoms with van der Waals surface area (Å²) >= 11 is 0. The second-order valence-electron chi connectivity index (χ2n) is 2.90. The number of nitrogens with zero attached hydrogens (tertiary/aromatic N) is 1. The topological polar surface area (TPSA) is 21.6 Å². The van der Waals surface area contributed by atoms with Gasteiger partial charge in [0, 0.05) is 11.8 Å². The second-order valence-corrected chi connectivity index (χ2v) is 2.90. The summed E-state index contributed by atoms with van der Waals surface area (Å²) in [5.74, 6) is 0.806. The van der Waals surface area contributed by atoms with E-state index in [-0.39, 0.29) is 0 Å². The van der Waals surface area contributed by atoms with Crippen LogP contribution in [0.1, 0.15) is 12.5 Å². The zero-order valence-corrected chi connectivity index (χ0v) is 9.10. The van der Waals surface area contributed by atoms with Gasteiger partial charge in [0.15, 0.2) is 0 Å². The molecule has 0 spiro atoms. The van der Waals surface area contributed by atoms with Crippen molar-refractivity contribution >= 4 is 5.71 Å². The Kier molecular flexibility index (Phi) is 4.35. The van der Waals surface area contributed by atoms with Gasteiger partial charge in [-0.15, -0.1) is 0 Å². The van der Waals surface area contributed by atoms with Gasteiger partial charge >= 0.3 is 0 Å². The maximum atomic E-state index is 5.26. The Morgan fingerprint density at radius 1 is 1.40 bits per heavy atom. The molecule has 0 amide bonds. The molecule has 0 aliphatic rings. The Morgan fingerprint density at radius 3 is 2.73 bits per heavy atom. The minimum Gasteiger partial charge on any atom is -0.496 e. The van der Waals surface area contributed by atoms with Crippen molar-refractivity contribution in [1.29, 1.82) is 0 Å². The fourth-order valence-electron chi connectivity index (χ4n) is 1.24. The van der Waals surface area contributed by atoms with Crippen LogP contribution in [0, 0.1) is 0 Å². The van der Waals surface area contributed by atoms with Gasteiger partial charge in [-0.25, -0.2) is 0 Å². The molecule has 0 saturated carbocycles. The number of aliphatic imine (C=N–C) groups is 1. The average Bonchev–Trinajstić information content (AvgIpc) is 2.30. The molecule has 0 aliphatic heterocycles. The molecule has 0 fully saturated rings. The molecule has 0 N–H and O–H groups in total. The van der Waals surface area contributed by atoms with E-state index in [1.165, 1.54) is 0 Å². The van der Waals surface area contributed by atoms with Crippen LogP contribution in [-0.2, 0) is 0 Å². The van der Waals surface area contributed by atoms with Crippen LogP contribution >= 0.6 is 0 Å². The molecule has 1 aromatic carbocycles. The summed E-state index contributed by atoms with van der Waals surface area (Å²) in [5.41, 5.74) is 1.76. The van der Waals surface area contributed by atoms with Crippen molar-refractivity contribution < 1.29 is 4.74 Å². The van der Waals surface area contributed by atoms with Crippen molar-refractivity contribution in [3.05, 3.63) is 54.8 Å². The highest BCUT2D eigenvalue weighted by Crippen LogP contribution is 2.18. The lowest BCUT2D eigenvalue weighted by atomic mass is 10.1. The van der Waals surface area contributed by atoms with Crippen molar-refractivity contribution in [2.75, 3.05) is 7.11 Å². The first-order valence-electron chi connectivity index (χ1n) is 4.78. The summed E-state index contributed by atoms with van der Waals surface area (Å²) in [5, 5.41) is 0. The first-order valence-corrected chi connectivity index (χ1v) is 4.78. The number of hydrogen-bond acceptors (Lipinski definition) is 2. The Bertz CT molecular complexity index is 391. The highest BCUT2D eigenvalue weighted by atomic mass is 16.5. The standard InChI is InChI=1S/C13H15NO/c1-4-10-14-12(5-2)11-8-6-7-9-13(11)15-3/h4-10H,2H2,1,3H3/b10-4-,14-12+. The highest BCUT2D eigenvalue weighted by molar-refractivity contribution is 6.10. The summed E-state index contributed by atoms with van der Waals surface area (Å²) < 4.78 is 5.26. The minimum atomic E-state index is 0.806. The molecule has 2 heteroatoms. The third-order valence-electron chi connectivity index (χ3n) is 1.94. The van der Waals surface area contributed by atoms with Crippen LogP contribution in [0.25, 0.3) is 0 Å². The fraction of sp³-hybridized carbons (Fsp3) is 0.154. The lowest BCUT2D eigenvalue weighted by Crippen LogP contribution is -1.99. The van der Waals surface area contributed by atoms with E-state index >= 15 is 0 Å². The van der Waals surface area contributed by atoms with Gasteiger partial charge in [0.25, 0.3) is 0 Å². The van der Waals surface area contributed by atoms with Gasteiger partial charge in [-0.2, -0.15) is 0 Å². The molecule has 0 radical (unpaired) electrons. The van der Waals surface area contributed by atoms with Crippen LogP contribution in [0.2, 0.25) is 0 Å². The number of rotatable bonds is 4. The van der Waals surface area contributed by atoms with Gasteiger partial charge in [-0.1, -0.05) is 24.8 Å². The van der Waals surface area contributed by atoms with Gasteiger partial charge in [-0.05, 0) is 25.1 Å². The molecular weight excluding hydrogens is 186 g/mol. The molecule has 0 aromatic heterocycles. The Balaban J connectivity index is 3.17. The second kappa shape index (κ2) is 5.81. The van der Waals surface area contributed by atoms with E-state index in [1.54, 1.807) is 19.4 Å². The fourth-order valence-corrected chi connectivity index (χ4v) is 1.24. The van der Waals surface area contributed by atoms with Crippen molar-refractivity contribution in [1.82, 2.24) is 0 Å². The largest absolute Gasteiger partial charge is 0.496 e. The van der Waals surface area contributed by atoms with Gasteiger partial charge in [0.05, 0.1) is 12.8 Å². The van der Waals surface area contributed by atoms with Crippen LogP contribution in [0.4, 0.5) is 0 Å². The van der Waals surface area contributed by atoms with Crippen molar-refractivity contribution in [2.24, 2.45) is 4.99 Å². The molecule has 78 valence electrons. The number of para-hydroxylation sites is 1. The smallest absolute Gasteiger partial charge is 0.128 e. The Morgan fingerprint density at radius 2 is 2.13 bits per heavy atom. The van der Waals surface area contributed by atoms with E-state index in [4.69, 9.17) is 4.74 Å². The SMILES string of the molecule is C=C/C(=N\C=C/C)c1ccccc1OC. The summed E-state index contributed by atoms with van der Waals surface area (Å²) in [7, 11) is 1.65. The summed E-state index contributed by atoms with van der Waals surface area (Å²) in [4.78, 5) is 4.28. The molecule has 1 rings (SSSR count). The highest BCUT2D eigenvalue weighted by Gasteiger charge is 2.04. The molecule has 15 heavy (non-hydrogen) atoms. The normalized spacial score (nSPS) is 11.7. The van der Waals surface area contributed by atoms with Gasteiger partial charge in [-0.3, -0.25) is 4.99 Å². The van der Waals surface area contributed by atoms with E-state index in [1.807, 2.05) is 37.3 Å². The number of allylic oxidation sites excluding steroid dienone is 2. The number of ether oxygens (including phenoxy) is 1. The maximum absolute atomic E-state index is 5.26. The minimum absolute atomic E-state index is 0.806. The monoisotopic (exact) mass is 201 g/mol. The van der Waals surface area contributed by atoms with Crippen molar-refractivity contribution in [3.8, 4) is 5.75 Å². The van der Waals surface area contributed by atoms with E-state index in [0.29, 0.717) is 0 Å². The van der Waals surface area contributed by atoms with Crippen molar-refractivity contribution in [2.45, 2.75) is 6.92 Å². The molecule has 2 nitrogen and oxygen atoms in total. The number of benzene rings is 1. The third-order valence-corrected chi connectivity index (χ3v) is 1.94. The Hall–Kier alpha value is -1.83. The zero-order chi connectivity index (χ0) is 11.1. The molecule has 0 bridgehead atoms. The van der Waals surface area contributed by atoms with Crippen LogP contribution in [0.15, 0.2) is 54.2 Å². The lowest BCUT2D eigenvalue weighted by Gasteiger charge is -2.06. The summed E-state index contributed by atoms with van der Waals surface area (Å²) in [6.45, 7) is 5.67. The van der Waals surface area contributed by atoms with Gasteiger partial charge in [0.2, 0.25) is 0 Å². The average molecular weight is 201 g/mol. The molecule has 0 aliphatic carbocycles. The molecule has 0 atom stereocenters. The van der Waals surface area contributed by atoms with Crippen LogP contribution in [0.5, 0.6) is 5.75 Å². The van der Waals surface area contributed by atoms with E-state index in [9.17, 15) is 0 Å². The predicted octanol–water partition coefficient (Wildman–Crippen LogP) is 3.20. The predicted molar refractivity (Wildman–Crippen MR) is 64.5 cm³/mol. The summed E-state index contributed by atoms with van der Waals surface area (Å²) in [6, 6.07) is 7.75. The van der Waals surface area contributed by atoms with E-state index in [0.717, 1.165) is 17.0 Å².